The summed E-state index contributed by atoms with van der Waals surface area (Å²) in [6.07, 6.45) is 4.13. The van der Waals surface area contributed by atoms with Gasteiger partial charge in [0.1, 0.15) is 0 Å². The fraction of sp³-hybridized carbons (Fsp3) is 1.00. The lowest BCUT2D eigenvalue weighted by molar-refractivity contribution is 0.163. The van der Waals surface area contributed by atoms with Crippen molar-refractivity contribution in [3.63, 3.8) is 0 Å². The molecule has 2 heterocycles. The summed E-state index contributed by atoms with van der Waals surface area (Å²) in [5.41, 5.74) is 0. The van der Waals surface area contributed by atoms with Gasteiger partial charge in [-0.1, -0.05) is 6.92 Å². The summed E-state index contributed by atoms with van der Waals surface area (Å²) in [7, 11) is 0. The lowest BCUT2D eigenvalue weighted by Gasteiger charge is -2.32. The zero-order chi connectivity index (χ0) is 11.2. The van der Waals surface area contributed by atoms with E-state index >= 15 is 0 Å². The largest absolute Gasteiger partial charge is 0.315 e. The van der Waals surface area contributed by atoms with Crippen LogP contribution < -0.4 is 5.32 Å². The summed E-state index contributed by atoms with van der Waals surface area (Å²) >= 11 is 0. The first kappa shape index (κ1) is 12.3. The Kier molecular flexibility index (Phi) is 5.07. The molecule has 2 rings (SSSR count). The molecule has 94 valence electrons. The predicted octanol–water partition coefficient (Wildman–Crippen LogP) is 1.01. The average molecular weight is 225 g/mol. The van der Waals surface area contributed by atoms with Crippen LogP contribution in [0.5, 0.6) is 0 Å². The van der Waals surface area contributed by atoms with Crippen molar-refractivity contribution in [3.05, 3.63) is 0 Å². The number of rotatable bonds is 3. The first-order valence-corrected chi connectivity index (χ1v) is 7.00. The summed E-state index contributed by atoms with van der Waals surface area (Å²) in [6.45, 7) is 12.5. The molecule has 1 N–H and O–H groups in total. The molecule has 3 nitrogen and oxygen atoms in total. The van der Waals surface area contributed by atoms with Crippen molar-refractivity contribution in [2.75, 3.05) is 52.4 Å². The molecule has 3 heteroatoms. The summed E-state index contributed by atoms with van der Waals surface area (Å²) in [5.74, 6) is 0.957. The van der Waals surface area contributed by atoms with Crippen molar-refractivity contribution >= 4 is 0 Å². The van der Waals surface area contributed by atoms with Crippen LogP contribution in [0.2, 0.25) is 0 Å². The monoisotopic (exact) mass is 225 g/mol. The maximum atomic E-state index is 3.47. The van der Waals surface area contributed by atoms with Gasteiger partial charge in [-0.25, -0.2) is 0 Å². The third kappa shape index (κ3) is 4.04. The molecule has 0 bridgehead atoms. The summed E-state index contributed by atoms with van der Waals surface area (Å²) in [4.78, 5) is 5.27. The zero-order valence-corrected chi connectivity index (χ0v) is 10.7. The quantitative estimate of drug-likeness (QED) is 0.773. The Bertz CT molecular complexity index is 180. The van der Waals surface area contributed by atoms with E-state index in [1.165, 1.54) is 71.6 Å². The Morgan fingerprint density at radius 3 is 2.38 bits per heavy atom. The van der Waals surface area contributed by atoms with Crippen LogP contribution in [0, 0.1) is 5.92 Å². The lowest BCUT2D eigenvalue weighted by Crippen LogP contribution is -2.40. The van der Waals surface area contributed by atoms with E-state index < -0.39 is 0 Å². The van der Waals surface area contributed by atoms with Gasteiger partial charge < -0.3 is 15.1 Å². The number of nitrogens with one attached hydrogen (secondary N) is 1. The normalized spacial score (nSPS) is 26.8. The highest BCUT2D eigenvalue weighted by Crippen LogP contribution is 2.15. The van der Waals surface area contributed by atoms with E-state index in [9.17, 15) is 0 Å². The maximum Gasteiger partial charge on any atom is 0.0110 e. The second-order valence-corrected chi connectivity index (χ2v) is 5.47. The molecule has 2 fully saturated rings. The second kappa shape index (κ2) is 6.58. The van der Waals surface area contributed by atoms with Crippen molar-refractivity contribution in [3.8, 4) is 0 Å². The molecule has 0 atom stereocenters. The highest BCUT2D eigenvalue weighted by Gasteiger charge is 2.16. The van der Waals surface area contributed by atoms with Gasteiger partial charge in [0.05, 0.1) is 0 Å². The number of nitrogens with zero attached hydrogens (tertiary/aromatic N) is 2. The van der Waals surface area contributed by atoms with E-state index in [4.69, 9.17) is 0 Å². The molecule has 16 heavy (non-hydrogen) atoms. The number of hydrogen-bond donors (Lipinski definition) is 1. The van der Waals surface area contributed by atoms with Gasteiger partial charge in [0.2, 0.25) is 0 Å². The van der Waals surface area contributed by atoms with Crippen LogP contribution >= 0.6 is 0 Å². The molecular weight excluding hydrogens is 198 g/mol. The molecule has 0 aromatic heterocycles. The topological polar surface area (TPSA) is 18.5 Å². The minimum Gasteiger partial charge on any atom is -0.315 e. The predicted molar refractivity (Wildman–Crippen MR) is 68.8 cm³/mol. The van der Waals surface area contributed by atoms with Gasteiger partial charge in [-0.3, -0.25) is 0 Å². The molecule has 0 aromatic rings. The van der Waals surface area contributed by atoms with Crippen molar-refractivity contribution in [2.45, 2.75) is 26.2 Å². The van der Waals surface area contributed by atoms with Crippen molar-refractivity contribution < 1.29 is 0 Å². The van der Waals surface area contributed by atoms with Gasteiger partial charge in [-0.2, -0.15) is 0 Å². The SMILES string of the molecule is CC1CCN(CCN2CCCNCC2)CC1. The van der Waals surface area contributed by atoms with Gasteiger partial charge in [0.25, 0.3) is 0 Å². The Balaban J connectivity index is 1.62. The van der Waals surface area contributed by atoms with Crippen LogP contribution in [0.25, 0.3) is 0 Å². The molecule has 0 radical (unpaired) electrons. The Hall–Kier alpha value is -0.120. The summed E-state index contributed by atoms with van der Waals surface area (Å²) in [6, 6.07) is 0. The van der Waals surface area contributed by atoms with Crippen LogP contribution in [0.1, 0.15) is 26.2 Å². The van der Waals surface area contributed by atoms with Crippen molar-refractivity contribution in [1.29, 1.82) is 0 Å². The van der Waals surface area contributed by atoms with E-state index in [2.05, 4.69) is 22.0 Å². The summed E-state index contributed by atoms with van der Waals surface area (Å²) < 4.78 is 0. The van der Waals surface area contributed by atoms with Crippen LogP contribution in [-0.4, -0.2) is 62.2 Å². The average Bonchev–Trinajstić information content (AvgIpc) is 2.57. The molecule has 0 saturated carbocycles. The fourth-order valence-corrected chi connectivity index (χ4v) is 2.69. The van der Waals surface area contributed by atoms with Crippen LogP contribution in [-0.2, 0) is 0 Å². The molecule has 2 aliphatic rings. The van der Waals surface area contributed by atoms with E-state index in [1.807, 2.05) is 0 Å². The van der Waals surface area contributed by atoms with Crippen molar-refractivity contribution in [2.24, 2.45) is 5.92 Å². The molecule has 2 aliphatic heterocycles. The van der Waals surface area contributed by atoms with E-state index in [1.54, 1.807) is 0 Å². The first-order chi connectivity index (χ1) is 7.84. The van der Waals surface area contributed by atoms with Crippen LogP contribution in [0.3, 0.4) is 0 Å². The Morgan fingerprint density at radius 1 is 0.938 bits per heavy atom. The van der Waals surface area contributed by atoms with E-state index in [0.717, 1.165) is 5.92 Å². The fourth-order valence-electron chi connectivity index (χ4n) is 2.69. The van der Waals surface area contributed by atoms with E-state index in [0.29, 0.717) is 0 Å². The molecular formula is C13H27N3. The third-order valence-corrected chi connectivity index (χ3v) is 4.04. The van der Waals surface area contributed by atoms with Gasteiger partial charge in [0, 0.05) is 26.2 Å². The molecule has 2 saturated heterocycles. The number of hydrogen-bond acceptors (Lipinski definition) is 3. The number of likely N-dealkylation sites (tertiary alicyclic amines) is 1. The van der Waals surface area contributed by atoms with Gasteiger partial charge in [0.15, 0.2) is 0 Å². The Labute approximate surface area is 100 Å². The maximum absolute atomic E-state index is 3.47. The van der Waals surface area contributed by atoms with E-state index in [-0.39, 0.29) is 0 Å². The van der Waals surface area contributed by atoms with Crippen LogP contribution in [0.15, 0.2) is 0 Å². The molecule has 0 unspecified atom stereocenters. The first-order valence-electron chi connectivity index (χ1n) is 7.00. The number of piperidine rings is 1. The van der Waals surface area contributed by atoms with Gasteiger partial charge in [-0.05, 0) is 51.4 Å². The minimum atomic E-state index is 0.957. The third-order valence-electron chi connectivity index (χ3n) is 4.04. The smallest absolute Gasteiger partial charge is 0.0110 e. The summed E-state index contributed by atoms with van der Waals surface area (Å²) in [5, 5.41) is 3.47. The van der Waals surface area contributed by atoms with Gasteiger partial charge in [-0.15, -0.1) is 0 Å². The van der Waals surface area contributed by atoms with Crippen molar-refractivity contribution in [1.82, 2.24) is 15.1 Å². The Morgan fingerprint density at radius 2 is 1.62 bits per heavy atom. The standard InChI is InChI=1S/C13H27N3/c1-13-3-8-16(9-4-13)12-11-15-7-2-5-14-6-10-15/h13-14H,2-12H2,1H3. The zero-order valence-electron chi connectivity index (χ0n) is 10.7. The lowest BCUT2D eigenvalue weighted by atomic mass is 9.99. The van der Waals surface area contributed by atoms with Gasteiger partial charge >= 0.3 is 0 Å². The molecule has 0 aromatic carbocycles. The highest BCUT2D eigenvalue weighted by molar-refractivity contribution is 4.72. The minimum absolute atomic E-state index is 0.957. The molecule has 0 amide bonds. The molecule has 0 spiro atoms. The second-order valence-electron chi connectivity index (χ2n) is 5.47. The van der Waals surface area contributed by atoms with Crippen LogP contribution in [0.4, 0.5) is 0 Å². The highest BCUT2D eigenvalue weighted by atomic mass is 15.2. The molecule has 0 aliphatic carbocycles.